The minimum atomic E-state index is -5.85. The van der Waals surface area contributed by atoms with Gasteiger partial charge < -0.3 is 14.5 Å². The number of piperazine rings is 1. The zero-order valence-corrected chi connectivity index (χ0v) is 21.1. The van der Waals surface area contributed by atoms with Gasteiger partial charge in [0, 0.05) is 57.5 Å². The van der Waals surface area contributed by atoms with Crippen LogP contribution in [-0.2, 0) is 27.5 Å². The predicted molar refractivity (Wildman–Crippen MR) is 119 cm³/mol. The van der Waals surface area contributed by atoms with E-state index < -0.39 is 52.4 Å². The molecule has 2 heterocycles. The van der Waals surface area contributed by atoms with Gasteiger partial charge in [-0.25, -0.2) is 17.9 Å². The summed E-state index contributed by atoms with van der Waals surface area (Å²) < 4.78 is 146. The average molecular weight is 601 g/mol. The van der Waals surface area contributed by atoms with Crippen molar-refractivity contribution in [3.05, 3.63) is 29.3 Å². The quantitative estimate of drug-likeness (QED) is 0.503. The van der Waals surface area contributed by atoms with E-state index in [0.29, 0.717) is 16.9 Å². The van der Waals surface area contributed by atoms with Crippen LogP contribution in [0.1, 0.15) is 17.5 Å². The van der Waals surface area contributed by atoms with E-state index in [1.165, 1.54) is 6.07 Å². The lowest BCUT2D eigenvalue weighted by Crippen LogP contribution is -2.52. The van der Waals surface area contributed by atoms with Gasteiger partial charge in [-0.3, -0.25) is 4.90 Å². The molecule has 2 saturated heterocycles. The Balaban J connectivity index is 1.69. The summed E-state index contributed by atoms with van der Waals surface area (Å²) in [5, 5.41) is 0. The standard InChI is InChI=1S/C21H25F9N4O4S/c1-39(36,37)31-15-4-5-34(12-15)16-10-14(19(22,23)24)3-2-13(16)11-32-6-8-33(9-7-32)18(35)38-17(20(25,26)27)21(28,29)30/h2-3,10,15,17,31H,4-9,11-12H2,1H3/t15-/m0/s1. The Bertz CT molecular complexity index is 1120. The fourth-order valence-electron chi connectivity index (χ4n) is 4.37. The highest BCUT2D eigenvalue weighted by atomic mass is 32.2. The van der Waals surface area contributed by atoms with Crippen LogP contribution in [0.3, 0.4) is 0 Å². The van der Waals surface area contributed by atoms with Gasteiger partial charge in [-0.1, -0.05) is 6.07 Å². The van der Waals surface area contributed by atoms with Gasteiger partial charge in [0.25, 0.3) is 6.10 Å². The van der Waals surface area contributed by atoms with E-state index in [2.05, 4.69) is 9.46 Å². The molecular formula is C21H25F9N4O4S. The van der Waals surface area contributed by atoms with Gasteiger partial charge >= 0.3 is 24.6 Å². The lowest BCUT2D eigenvalue weighted by Gasteiger charge is -2.36. The van der Waals surface area contributed by atoms with Crippen LogP contribution in [0.5, 0.6) is 0 Å². The minimum absolute atomic E-state index is 0.00345. The molecule has 0 bridgehead atoms. The first-order chi connectivity index (χ1) is 17.7. The SMILES string of the molecule is CS(=O)(=O)N[C@H]1CCN(c2cc(C(F)(F)F)ccc2CN2CCN(C(=O)OC(C(F)(F)F)C(F)(F)F)CC2)C1. The van der Waals surface area contributed by atoms with Crippen molar-refractivity contribution in [3.8, 4) is 0 Å². The summed E-state index contributed by atoms with van der Waals surface area (Å²) in [7, 11) is -3.55. The molecule has 0 saturated carbocycles. The van der Waals surface area contributed by atoms with Crippen molar-refractivity contribution in [1.82, 2.24) is 14.5 Å². The number of halogens is 9. The maximum absolute atomic E-state index is 13.4. The monoisotopic (exact) mass is 600 g/mol. The van der Waals surface area contributed by atoms with Gasteiger partial charge in [0.1, 0.15) is 0 Å². The van der Waals surface area contributed by atoms with E-state index in [-0.39, 0.29) is 51.5 Å². The molecule has 1 atom stereocenters. The van der Waals surface area contributed by atoms with Crippen molar-refractivity contribution >= 4 is 21.8 Å². The number of hydrogen-bond acceptors (Lipinski definition) is 6. The Morgan fingerprint density at radius 1 is 1.00 bits per heavy atom. The number of sulfonamides is 1. The molecule has 1 aromatic rings. The zero-order chi connectivity index (χ0) is 29.4. The third-order valence-corrected chi connectivity index (χ3v) is 6.92. The Morgan fingerprint density at radius 3 is 2.10 bits per heavy atom. The lowest BCUT2D eigenvalue weighted by atomic mass is 10.1. The van der Waals surface area contributed by atoms with Gasteiger partial charge in [-0.2, -0.15) is 39.5 Å². The van der Waals surface area contributed by atoms with E-state index >= 15 is 0 Å². The molecule has 2 aliphatic rings. The average Bonchev–Trinajstić information content (AvgIpc) is 3.22. The van der Waals surface area contributed by atoms with Crippen LogP contribution in [-0.4, -0.2) is 94.3 Å². The normalized spacial score (nSPS) is 20.1. The molecule has 0 unspecified atom stereocenters. The van der Waals surface area contributed by atoms with Crippen molar-refractivity contribution in [2.75, 3.05) is 50.4 Å². The largest absolute Gasteiger partial charge is 0.434 e. The van der Waals surface area contributed by atoms with Gasteiger partial charge in [0.15, 0.2) is 0 Å². The third-order valence-electron chi connectivity index (χ3n) is 6.16. The number of nitrogens with one attached hydrogen (secondary N) is 1. The van der Waals surface area contributed by atoms with Crippen molar-refractivity contribution < 1.29 is 57.5 Å². The highest BCUT2D eigenvalue weighted by Gasteiger charge is 2.60. The number of hydrogen-bond donors (Lipinski definition) is 1. The summed E-state index contributed by atoms with van der Waals surface area (Å²) in [5.74, 6) is 0. The number of rotatable bonds is 6. The first kappa shape index (κ1) is 31.1. The summed E-state index contributed by atoms with van der Waals surface area (Å²) >= 11 is 0. The molecule has 222 valence electrons. The summed E-state index contributed by atoms with van der Waals surface area (Å²) in [6, 6.07) is 2.56. The van der Waals surface area contributed by atoms with Crippen molar-refractivity contribution in [2.24, 2.45) is 0 Å². The summed E-state index contributed by atoms with van der Waals surface area (Å²) in [5.41, 5.74) is -0.270. The number of nitrogens with zero attached hydrogens (tertiary/aromatic N) is 3. The summed E-state index contributed by atoms with van der Waals surface area (Å²) in [4.78, 5) is 15.9. The fourth-order valence-corrected chi connectivity index (χ4v) is 5.17. The number of carbonyl (C=O) groups excluding carboxylic acids is 1. The highest BCUT2D eigenvalue weighted by molar-refractivity contribution is 7.88. The van der Waals surface area contributed by atoms with E-state index in [1.807, 2.05) is 0 Å². The second-order valence-electron chi connectivity index (χ2n) is 9.27. The molecule has 1 amide bonds. The van der Waals surface area contributed by atoms with Crippen molar-refractivity contribution in [2.45, 2.75) is 43.6 Å². The summed E-state index contributed by atoms with van der Waals surface area (Å²) in [6.07, 6.45) is -21.1. The topological polar surface area (TPSA) is 82.2 Å². The van der Waals surface area contributed by atoms with E-state index in [0.717, 1.165) is 18.4 Å². The molecule has 8 nitrogen and oxygen atoms in total. The molecule has 0 spiro atoms. The van der Waals surface area contributed by atoms with Crippen LogP contribution in [0.15, 0.2) is 18.2 Å². The number of carbonyl (C=O) groups is 1. The molecule has 18 heteroatoms. The molecule has 2 aliphatic heterocycles. The lowest BCUT2D eigenvalue weighted by molar-refractivity contribution is -0.308. The number of alkyl halides is 9. The Labute approximate surface area is 217 Å². The van der Waals surface area contributed by atoms with Crippen LogP contribution in [0.2, 0.25) is 0 Å². The molecule has 3 rings (SSSR count). The van der Waals surface area contributed by atoms with Crippen LogP contribution >= 0.6 is 0 Å². The van der Waals surface area contributed by atoms with Gasteiger partial charge in [0.2, 0.25) is 10.0 Å². The van der Waals surface area contributed by atoms with Gasteiger partial charge in [-0.05, 0) is 24.1 Å². The smallest absolute Gasteiger partial charge is 0.426 e. The fraction of sp³-hybridized carbons (Fsp3) is 0.667. The Hall–Kier alpha value is -2.47. The second-order valence-corrected chi connectivity index (χ2v) is 11.1. The summed E-state index contributed by atoms with van der Waals surface area (Å²) in [6.45, 7) is -0.123. The maximum Gasteiger partial charge on any atom is 0.434 e. The van der Waals surface area contributed by atoms with Gasteiger partial charge in [0.05, 0.1) is 11.8 Å². The molecule has 0 aromatic heterocycles. The Kier molecular flexibility index (Phi) is 8.91. The van der Waals surface area contributed by atoms with E-state index in [9.17, 15) is 52.7 Å². The number of amides is 1. The molecule has 0 radical (unpaired) electrons. The predicted octanol–water partition coefficient (Wildman–Crippen LogP) is 3.58. The number of benzene rings is 1. The third kappa shape index (κ3) is 8.51. The minimum Gasteiger partial charge on any atom is -0.426 e. The first-order valence-electron chi connectivity index (χ1n) is 11.5. The van der Waals surface area contributed by atoms with Crippen LogP contribution in [0.4, 0.5) is 50.0 Å². The highest BCUT2D eigenvalue weighted by Crippen LogP contribution is 2.37. The first-order valence-corrected chi connectivity index (χ1v) is 13.4. The Morgan fingerprint density at radius 2 is 1.59 bits per heavy atom. The molecular weight excluding hydrogens is 575 g/mol. The second kappa shape index (κ2) is 11.2. The maximum atomic E-state index is 13.4. The van der Waals surface area contributed by atoms with Crippen molar-refractivity contribution in [1.29, 1.82) is 0 Å². The molecule has 1 N–H and O–H groups in total. The molecule has 39 heavy (non-hydrogen) atoms. The number of anilines is 1. The van der Waals surface area contributed by atoms with E-state index in [1.54, 1.807) is 9.80 Å². The number of ether oxygens (including phenoxy) is 1. The van der Waals surface area contributed by atoms with Crippen LogP contribution < -0.4 is 9.62 Å². The van der Waals surface area contributed by atoms with Crippen LogP contribution in [0.25, 0.3) is 0 Å². The zero-order valence-electron chi connectivity index (χ0n) is 20.3. The molecule has 1 aromatic carbocycles. The van der Waals surface area contributed by atoms with E-state index in [4.69, 9.17) is 0 Å². The van der Waals surface area contributed by atoms with Gasteiger partial charge in [-0.15, -0.1) is 0 Å². The van der Waals surface area contributed by atoms with Crippen LogP contribution in [0, 0.1) is 0 Å². The van der Waals surface area contributed by atoms with Crippen molar-refractivity contribution in [3.63, 3.8) is 0 Å². The molecule has 0 aliphatic carbocycles. The molecule has 2 fully saturated rings.